The van der Waals surface area contributed by atoms with Crippen LogP contribution in [0.15, 0.2) is 53.4 Å². The van der Waals surface area contributed by atoms with Gasteiger partial charge in [0.05, 0.1) is 22.8 Å². The molecular weight excluding hydrogens is 323 g/mol. The summed E-state index contributed by atoms with van der Waals surface area (Å²) >= 11 is 0. The highest BCUT2D eigenvalue weighted by Gasteiger charge is 2.18. The van der Waals surface area contributed by atoms with Crippen molar-refractivity contribution >= 4 is 21.6 Å². The van der Waals surface area contributed by atoms with Gasteiger partial charge in [-0.3, -0.25) is 9.52 Å². The van der Waals surface area contributed by atoms with Crippen molar-refractivity contribution in [2.75, 3.05) is 17.9 Å². The van der Waals surface area contributed by atoms with E-state index in [9.17, 15) is 17.6 Å². The molecule has 0 unspecified atom stereocenters. The Labute approximate surface area is 133 Å². The third-order valence-electron chi connectivity index (χ3n) is 2.94. The molecule has 6 nitrogen and oxygen atoms in total. The third kappa shape index (κ3) is 4.27. The van der Waals surface area contributed by atoms with Crippen LogP contribution in [0.1, 0.15) is 10.4 Å². The fraction of sp³-hybridized carbons (Fsp3) is 0.133. The normalized spacial score (nSPS) is 11.0. The first-order valence-electron chi connectivity index (χ1n) is 6.70. The van der Waals surface area contributed by atoms with Crippen molar-refractivity contribution in [3.8, 4) is 0 Å². The number of aliphatic hydroxyl groups is 1. The molecule has 0 spiro atoms. The smallest absolute Gasteiger partial charge is 0.261 e. The lowest BCUT2D eigenvalue weighted by Crippen LogP contribution is -2.27. The number of sulfonamides is 1. The zero-order valence-corrected chi connectivity index (χ0v) is 12.8. The van der Waals surface area contributed by atoms with Crippen LogP contribution in [-0.2, 0) is 10.0 Å². The number of halogens is 1. The topological polar surface area (TPSA) is 95.5 Å². The Morgan fingerprint density at radius 2 is 1.74 bits per heavy atom. The average Bonchev–Trinajstić information content (AvgIpc) is 2.53. The standard InChI is InChI=1S/C15H15FN2O4S/c16-11-5-7-12(8-6-11)23(21,22)18-14-4-2-1-3-13(14)15(20)17-9-10-19/h1-8,18-19H,9-10H2,(H,17,20). The minimum Gasteiger partial charge on any atom is -0.395 e. The lowest BCUT2D eigenvalue weighted by Gasteiger charge is -2.12. The van der Waals surface area contributed by atoms with Gasteiger partial charge in [0.15, 0.2) is 0 Å². The fourth-order valence-corrected chi connectivity index (χ4v) is 2.93. The maximum Gasteiger partial charge on any atom is 0.261 e. The molecule has 1 amide bonds. The number of hydrogen-bond donors (Lipinski definition) is 3. The van der Waals surface area contributed by atoms with Crippen LogP contribution in [0.3, 0.4) is 0 Å². The number of aliphatic hydroxyl groups excluding tert-OH is 1. The summed E-state index contributed by atoms with van der Waals surface area (Å²) in [5.41, 5.74) is 0.207. The summed E-state index contributed by atoms with van der Waals surface area (Å²) in [5.74, 6) is -1.07. The van der Waals surface area contributed by atoms with Crippen LogP contribution in [0.4, 0.5) is 10.1 Å². The van der Waals surface area contributed by atoms with E-state index in [0.717, 1.165) is 24.3 Å². The Bertz CT molecular complexity index is 791. The molecule has 0 saturated heterocycles. The van der Waals surface area contributed by atoms with E-state index in [4.69, 9.17) is 5.11 Å². The maximum atomic E-state index is 12.9. The van der Waals surface area contributed by atoms with Crippen LogP contribution in [0.5, 0.6) is 0 Å². The number of rotatable bonds is 6. The molecule has 2 aromatic rings. The van der Waals surface area contributed by atoms with Crippen LogP contribution in [0.25, 0.3) is 0 Å². The molecular formula is C15H15FN2O4S. The Balaban J connectivity index is 2.29. The Morgan fingerprint density at radius 1 is 1.09 bits per heavy atom. The highest BCUT2D eigenvalue weighted by atomic mass is 32.2. The molecule has 0 atom stereocenters. The summed E-state index contributed by atoms with van der Waals surface area (Å²) in [7, 11) is -3.95. The number of carbonyl (C=O) groups excluding carboxylic acids is 1. The monoisotopic (exact) mass is 338 g/mol. The van der Waals surface area contributed by atoms with Crippen molar-refractivity contribution in [1.29, 1.82) is 0 Å². The number of anilines is 1. The molecule has 0 aromatic heterocycles. The molecule has 122 valence electrons. The third-order valence-corrected chi connectivity index (χ3v) is 4.32. The second-order valence-corrected chi connectivity index (χ2v) is 6.27. The first kappa shape index (κ1) is 16.9. The number of benzene rings is 2. The van der Waals surface area contributed by atoms with E-state index in [-0.39, 0.29) is 29.3 Å². The zero-order chi connectivity index (χ0) is 16.9. The second kappa shape index (κ2) is 7.21. The van der Waals surface area contributed by atoms with Crippen molar-refractivity contribution in [2.45, 2.75) is 4.90 Å². The van der Waals surface area contributed by atoms with Gasteiger partial charge >= 0.3 is 0 Å². The van der Waals surface area contributed by atoms with Crippen LogP contribution < -0.4 is 10.0 Å². The lowest BCUT2D eigenvalue weighted by molar-refractivity contribution is 0.0945. The SMILES string of the molecule is O=C(NCCO)c1ccccc1NS(=O)(=O)c1ccc(F)cc1. The van der Waals surface area contributed by atoms with Gasteiger partial charge in [0.1, 0.15) is 5.82 Å². The van der Waals surface area contributed by atoms with Crippen LogP contribution in [-0.4, -0.2) is 32.6 Å². The summed E-state index contributed by atoms with van der Waals surface area (Å²) in [4.78, 5) is 11.9. The molecule has 23 heavy (non-hydrogen) atoms. The summed E-state index contributed by atoms with van der Waals surface area (Å²) in [6, 6.07) is 10.4. The predicted molar refractivity (Wildman–Crippen MR) is 83.1 cm³/mol. The Hall–Kier alpha value is -2.45. The number of nitrogens with one attached hydrogen (secondary N) is 2. The molecule has 0 aliphatic heterocycles. The molecule has 0 fully saturated rings. The Kier molecular flexibility index (Phi) is 5.30. The first-order chi connectivity index (χ1) is 10.9. The van der Waals surface area contributed by atoms with Gasteiger partial charge < -0.3 is 10.4 Å². The van der Waals surface area contributed by atoms with Gasteiger partial charge in [-0.05, 0) is 36.4 Å². The largest absolute Gasteiger partial charge is 0.395 e. The summed E-state index contributed by atoms with van der Waals surface area (Å²) in [6.07, 6.45) is 0. The van der Waals surface area contributed by atoms with E-state index in [1.54, 1.807) is 12.1 Å². The van der Waals surface area contributed by atoms with Crippen molar-refractivity contribution in [3.05, 3.63) is 59.9 Å². The van der Waals surface area contributed by atoms with Gasteiger partial charge in [-0.15, -0.1) is 0 Å². The highest BCUT2D eigenvalue weighted by Crippen LogP contribution is 2.20. The van der Waals surface area contributed by atoms with Crippen LogP contribution in [0.2, 0.25) is 0 Å². The number of amides is 1. The summed E-state index contributed by atoms with van der Waals surface area (Å²) in [5, 5.41) is 11.2. The molecule has 8 heteroatoms. The molecule has 2 rings (SSSR count). The predicted octanol–water partition coefficient (Wildman–Crippen LogP) is 1.35. The number of hydrogen-bond acceptors (Lipinski definition) is 4. The quantitative estimate of drug-likeness (QED) is 0.741. The number of para-hydroxylation sites is 1. The van der Waals surface area contributed by atoms with E-state index in [2.05, 4.69) is 10.0 Å². The lowest BCUT2D eigenvalue weighted by atomic mass is 10.2. The van der Waals surface area contributed by atoms with Crippen molar-refractivity contribution in [1.82, 2.24) is 5.32 Å². The van der Waals surface area contributed by atoms with Gasteiger partial charge in [0, 0.05) is 6.54 Å². The molecule has 0 aliphatic carbocycles. The van der Waals surface area contributed by atoms with Crippen LogP contribution in [0, 0.1) is 5.82 Å². The fourth-order valence-electron chi connectivity index (χ4n) is 1.85. The average molecular weight is 338 g/mol. The molecule has 2 aromatic carbocycles. The van der Waals surface area contributed by atoms with Gasteiger partial charge in [-0.2, -0.15) is 0 Å². The van der Waals surface area contributed by atoms with E-state index in [1.165, 1.54) is 12.1 Å². The van der Waals surface area contributed by atoms with E-state index >= 15 is 0 Å². The summed E-state index contributed by atoms with van der Waals surface area (Å²) in [6.45, 7) is -0.174. The number of carbonyl (C=O) groups is 1. The van der Waals surface area contributed by atoms with Gasteiger partial charge in [0.25, 0.3) is 15.9 Å². The van der Waals surface area contributed by atoms with E-state index < -0.39 is 21.7 Å². The van der Waals surface area contributed by atoms with Crippen molar-refractivity contribution < 1.29 is 22.7 Å². The van der Waals surface area contributed by atoms with E-state index in [1.807, 2.05) is 0 Å². The second-order valence-electron chi connectivity index (χ2n) is 4.58. The van der Waals surface area contributed by atoms with Crippen molar-refractivity contribution in [3.63, 3.8) is 0 Å². The van der Waals surface area contributed by atoms with Gasteiger partial charge in [-0.25, -0.2) is 12.8 Å². The summed E-state index contributed by atoms with van der Waals surface area (Å²) < 4.78 is 39.8. The zero-order valence-electron chi connectivity index (χ0n) is 12.0. The van der Waals surface area contributed by atoms with Gasteiger partial charge in [-0.1, -0.05) is 12.1 Å². The molecule has 3 N–H and O–H groups in total. The van der Waals surface area contributed by atoms with Gasteiger partial charge in [0.2, 0.25) is 0 Å². The first-order valence-corrected chi connectivity index (χ1v) is 8.19. The van der Waals surface area contributed by atoms with E-state index in [0.29, 0.717) is 0 Å². The minimum absolute atomic E-state index is 0.0535. The Morgan fingerprint density at radius 3 is 2.39 bits per heavy atom. The minimum atomic E-state index is -3.95. The highest BCUT2D eigenvalue weighted by molar-refractivity contribution is 7.92. The maximum absolute atomic E-state index is 12.9. The van der Waals surface area contributed by atoms with Crippen molar-refractivity contribution in [2.24, 2.45) is 0 Å². The molecule has 0 heterocycles. The molecule has 0 bridgehead atoms. The molecule has 0 saturated carbocycles. The van der Waals surface area contributed by atoms with Crippen LogP contribution >= 0.6 is 0 Å². The molecule has 0 aliphatic rings. The molecule has 0 radical (unpaired) electrons.